The third kappa shape index (κ3) is 5.16. The molecule has 0 aromatic heterocycles. The number of rotatable bonds is 8. The van der Waals surface area contributed by atoms with Crippen LogP contribution in [0.2, 0.25) is 5.02 Å². The predicted octanol–water partition coefficient (Wildman–Crippen LogP) is 3.73. The van der Waals surface area contributed by atoms with Crippen LogP contribution in [0.15, 0.2) is 17.0 Å². The van der Waals surface area contributed by atoms with Gasteiger partial charge >= 0.3 is 0 Å². The minimum Gasteiger partial charge on any atom is -0.397 e. The Morgan fingerprint density at radius 2 is 2.00 bits per heavy atom. The van der Waals surface area contributed by atoms with Gasteiger partial charge in [-0.15, -0.1) is 0 Å². The number of benzene rings is 1. The first-order chi connectivity index (χ1) is 9.81. The van der Waals surface area contributed by atoms with Crippen LogP contribution in [0, 0.1) is 12.8 Å². The molecule has 3 N–H and O–H groups in total. The van der Waals surface area contributed by atoms with Crippen molar-refractivity contribution in [2.75, 3.05) is 12.3 Å². The molecule has 0 aliphatic rings. The third-order valence-electron chi connectivity index (χ3n) is 3.67. The number of anilines is 1. The van der Waals surface area contributed by atoms with E-state index in [1.807, 2.05) is 0 Å². The molecule has 1 aromatic carbocycles. The first-order valence-electron chi connectivity index (χ1n) is 7.37. The summed E-state index contributed by atoms with van der Waals surface area (Å²) < 4.78 is 27.3. The number of nitrogens with one attached hydrogen (secondary N) is 1. The first kappa shape index (κ1) is 18.3. The zero-order valence-corrected chi connectivity index (χ0v) is 14.5. The van der Waals surface area contributed by atoms with E-state index in [9.17, 15) is 8.42 Å². The van der Waals surface area contributed by atoms with Crippen molar-refractivity contribution in [3.8, 4) is 0 Å². The minimum atomic E-state index is -3.54. The van der Waals surface area contributed by atoms with Crippen molar-refractivity contribution in [2.45, 2.75) is 51.3 Å². The van der Waals surface area contributed by atoms with Crippen molar-refractivity contribution >= 4 is 27.3 Å². The van der Waals surface area contributed by atoms with Crippen molar-refractivity contribution in [3.63, 3.8) is 0 Å². The molecule has 21 heavy (non-hydrogen) atoms. The molecular formula is C15H25ClN2O2S. The number of unbranched alkanes of at least 4 members (excludes halogenated alkanes) is 1. The molecule has 4 nitrogen and oxygen atoms in total. The first-order valence-corrected chi connectivity index (χ1v) is 9.23. The van der Waals surface area contributed by atoms with Gasteiger partial charge in [-0.05, 0) is 37.0 Å². The monoisotopic (exact) mass is 332 g/mol. The Morgan fingerprint density at radius 3 is 2.52 bits per heavy atom. The van der Waals surface area contributed by atoms with E-state index in [0.29, 0.717) is 23.0 Å². The van der Waals surface area contributed by atoms with E-state index in [4.69, 9.17) is 17.3 Å². The van der Waals surface area contributed by atoms with E-state index in [1.54, 1.807) is 13.0 Å². The number of sulfonamides is 1. The highest BCUT2D eigenvalue weighted by Crippen LogP contribution is 2.26. The standard InChI is InChI=1S/C15H25ClN2O2S/c1-4-6-7-12(5-2)10-18-21(19,20)13-8-11(3)15(16)14(17)9-13/h8-9,12,18H,4-7,10,17H2,1-3H3. The van der Waals surface area contributed by atoms with Crippen LogP contribution in [-0.4, -0.2) is 15.0 Å². The number of nitrogen functional groups attached to an aromatic ring is 1. The predicted molar refractivity (Wildman–Crippen MR) is 89.1 cm³/mol. The van der Waals surface area contributed by atoms with Crippen LogP contribution in [0.1, 0.15) is 45.1 Å². The lowest BCUT2D eigenvalue weighted by Crippen LogP contribution is -2.29. The fraction of sp³-hybridized carbons (Fsp3) is 0.600. The zero-order chi connectivity index (χ0) is 16.0. The molecule has 1 unspecified atom stereocenters. The Kier molecular flexibility index (Phi) is 6.97. The summed E-state index contributed by atoms with van der Waals surface area (Å²) in [5, 5.41) is 0.406. The summed E-state index contributed by atoms with van der Waals surface area (Å²) in [5.74, 6) is 0.366. The normalized spacial score (nSPS) is 13.3. The van der Waals surface area contributed by atoms with Gasteiger partial charge in [-0.1, -0.05) is 44.7 Å². The average Bonchev–Trinajstić information content (AvgIpc) is 2.44. The van der Waals surface area contributed by atoms with Gasteiger partial charge in [-0.3, -0.25) is 0 Å². The molecule has 0 aliphatic heterocycles. The van der Waals surface area contributed by atoms with Crippen molar-refractivity contribution in [1.29, 1.82) is 0 Å². The highest BCUT2D eigenvalue weighted by atomic mass is 35.5. The summed E-state index contributed by atoms with van der Waals surface area (Å²) in [7, 11) is -3.54. The number of nitrogens with two attached hydrogens (primary N) is 1. The van der Waals surface area contributed by atoms with E-state index in [0.717, 1.165) is 25.7 Å². The number of hydrogen-bond acceptors (Lipinski definition) is 3. The van der Waals surface area contributed by atoms with Gasteiger partial charge in [-0.25, -0.2) is 13.1 Å². The van der Waals surface area contributed by atoms with Gasteiger partial charge in [0.25, 0.3) is 0 Å². The topological polar surface area (TPSA) is 72.2 Å². The molecule has 0 spiro atoms. The Labute approximate surface area is 133 Å². The van der Waals surface area contributed by atoms with Crippen LogP contribution >= 0.6 is 11.6 Å². The van der Waals surface area contributed by atoms with Crippen molar-refractivity contribution in [3.05, 3.63) is 22.7 Å². The molecule has 120 valence electrons. The Bertz CT molecular complexity index is 550. The molecule has 0 saturated carbocycles. The molecule has 0 bridgehead atoms. The lowest BCUT2D eigenvalue weighted by Gasteiger charge is -2.16. The summed E-state index contributed by atoms with van der Waals surface area (Å²) in [4.78, 5) is 0.173. The fourth-order valence-corrected chi connectivity index (χ4v) is 3.52. The molecule has 1 aromatic rings. The number of aryl methyl sites for hydroxylation is 1. The van der Waals surface area contributed by atoms with Crippen molar-refractivity contribution in [1.82, 2.24) is 4.72 Å². The smallest absolute Gasteiger partial charge is 0.240 e. The van der Waals surface area contributed by atoms with Crippen LogP contribution < -0.4 is 10.5 Å². The van der Waals surface area contributed by atoms with E-state index in [2.05, 4.69) is 18.6 Å². The highest BCUT2D eigenvalue weighted by Gasteiger charge is 2.18. The van der Waals surface area contributed by atoms with Gasteiger partial charge in [0, 0.05) is 6.54 Å². The van der Waals surface area contributed by atoms with Crippen molar-refractivity contribution in [2.24, 2.45) is 5.92 Å². The van der Waals surface area contributed by atoms with Crippen LogP contribution in [-0.2, 0) is 10.0 Å². The largest absolute Gasteiger partial charge is 0.397 e. The summed E-state index contributed by atoms with van der Waals surface area (Å²) in [6.45, 7) is 6.42. The SMILES string of the molecule is CCCCC(CC)CNS(=O)(=O)c1cc(C)c(Cl)c(N)c1. The molecular weight excluding hydrogens is 308 g/mol. The summed E-state index contributed by atoms with van der Waals surface area (Å²) in [6, 6.07) is 2.96. The lowest BCUT2D eigenvalue weighted by molar-refractivity contribution is 0.444. The second kappa shape index (κ2) is 8.01. The molecule has 0 radical (unpaired) electrons. The van der Waals surface area contributed by atoms with Gasteiger partial charge < -0.3 is 5.73 Å². The number of halogens is 1. The average molecular weight is 333 g/mol. The maximum Gasteiger partial charge on any atom is 0.240 e. The molecule has 0 heterocycles. The Hall–Kier alpha value is -0.780. The van der Waals surface area contributed by atoms with Gasteiger partial charge in [0.1, 0.15) is 0 Å². The van der Waals surface area contributed by atoms with Gasteiger partial charge in [0.05, 0.1) is 15.6 Å². The molecule has 0 amide bonds. The number of hydrogen-bond donors (Lipinski definition) is 2. The summed E-state index contributed by atoms with van der Waals surface area (Å²) in [6.07, 6.45) is 4.24. The molecule has 6 heteroatoms. The maximum atomic E-state index is 12.3. The van der Waals surface area contributed by atoms with Crippen LogP contribution in [0.25, 0.3) is 0 Å². The second-order valence-electron chi connectivity index (χ2n) is 5.41. The zero-order valence-electron chi connectivity index (χ0n) is 12.9. The fourth-order valence-electron chi connectivity index (χ4n) is 2.17. The van der Waals surface area contributed by atoms with Crippen LogP contribution in [0.5, 0.6) is 0 Å². The molecule has 1 rings (SSSR count). The van der Waals surface area contributed by atoms with E-state index in [-0.39, 0.29) is 10.6 Å². The van der Waals surface area contributed by atoms with E-state index >= 15 is 0 Å². The minimum absolute atomic E-state index is 0.173. The van der Waals surface area contributed by atoms with Crippen LogP contribution in [0.4, 0.5) is 5.69 Å². The van der Waals surface area contributed by atoms with Crippen LogP contribution in [0.3, 0.4) is 0 Å². The highest BCUT2D eigenvalue weighted by molar-refractivity contribution is 7.89. The lowest BCUT2D eigenvalue weighted by atomic mass is 10.00. The third-order valence-corrected chi connectivity index (χ3v) is 5.59. The second-order valence-corrected chi connectivity index (χ2v) is 7.56. The van der Waals surface area contributed by atoms with Gasteiger partial charge in [0.2, 0.25) is 10.0 Å². The van der Waals surface area contributed by atoms with Gasteiger partial charge in [0.15, 0.2) is 0 Å². The quantitative estimate of drug-likeness (QED) is 0.712. The van der Waals surface area contributed by atoms with E-state index in [1.165, 1.54) is 6.07 Å². The van der Waals surface area contributed by atoms with Gasteiger partial charge in [-0.2, -0.15) is 0 Å². The Balaban J connectivity index is 2.82. The molecule has 0 aliphatic carbocycles. The molecule has 0 fully saturated rings. The summed E-state index contributed by atoms with van der Waals surface area (Å²) >= 11 is 5.97. The Morgan fingerprint density at radius 1 is 1.33 bits per heavy atom. The van der Waals surface area contributed by atoms with E-state index < -0.39 is 10.0 Å². The molecule has 1 atom stereocenters. The molecule has 0 saturated heterocycles. The maximum absolute atomic E-state index is 12.3. The van der Waals surface area contributed by atoms with Crippen molar-refractivity contribution < 1.29 is 8.42 Å². The summed E-state index contributed by atoms with van der Waals surface area (Å²) in [5.41, 5.74) is 6.69.